The molecule has 0 aliphatic carbocycles. The van der Waals surface area contributed by atoms with E-state index in [2.05, 4.69) is 10.6 Å². The first-order valence-corrected chi connectivity index (χ1v) is 6.76. The van der Waals surface area contributed by atoms with E-state index < -0.39 is 0 Å². The molecule has 0 saturated carbocycles. The van der Waals surface area contributed by atoms with E-state index in [4.69, 9.17) is 0 Å². The van der Waals surface area contributed by atoms with E-state index in [1.54, 1.807) is 11.3 Å². The zero-order valence-corrected chi connectivity index (χ0v) is 10.4. The quantitative estimate of drug-likeness (QED) is 0.841. The molecule has 4 heteroatoms. The normalized spacial score (nSPS) is 19.9. The third-order valence-electron chi connectivity index (χ3n) is 3.04. The zero-order chi connectivity index (χ0) is 11.4. The van der Waals surface area contributed by atoms with E-state index in [1.807, 2.05) is 17.7 Å². The van der Waals surface area contributed by atoms with Crippen LogP contribution < -0.4 is 10.6 Å². The second kappa shape index (κ2) is 5.46. The molecule has 1 aromatic heterocycles. The molecular weight excluding hydrogens is 220 g/mol. The second-order valence-corrected chi connectivity index (χ2v) is 5.05. The van der Waals surface area contributed by atoms with Crippen LogP contribution in [0.15, 0.2) is 10.8 Å². The summed E-state index contributed by atoms with van der Waals surface area (Å²) in [5.74, 6) is 0.0664. The van der Waals surface area contributed by atoms with Crippen LogP contribution >= 0.6 is 11.3 Å². The largest absolute Gasteiger partial charge is 0.352 e. The number of carbonyl (C=O) groups excluding carboxylic acids is 1. The summed E-state index contributed by atoms with van der Waals surface area (Å²) in [6.45, 7) is 3.87. The minimum absolute atomic E-state index is 0.0664. The number of amides is 1. The molecule has 16 heavy (non-hydrogen) atoms. The monoisotopic (exact) mass is 238 g/mol. The lowest BCUT2D eigenvalue weighted by Crippen LogP contribution is -2.30. The topological polar surface area (TPSA) is 41.1 Å². The van der Waals surface area contributed by atoms with E-state index in [-0.39, 0.29) is 5.91 Å². The summed E-state index contributed by atoms with van der Waals surface area (Å²) in [4.78, 5) is 11.8. The Labute approximate surface area is 100 Å². The molecular formula is C12H18N2OS. The molecule has 0 radical (unpaired) electrons. The van der Waals surface area contributed by atoms with Gasteiger partial charge in [0.25, 0.3) is 5.91 Å². The van der Waals surface area contributed by atoms with Gasteiger partial charge in [0, 0.05) is 18.0 Å². The van der Waals surface area contributed by atoms with E-state index in [1.165, 1.54) is 12.8 Å². The van der Waals surface area contributed by atoms with Crippen LogP contribution in [-0.2, 0) is 0 Å². The minimum atomic E-state index is 0.0664. The number of aryl methyl sites for hydroxylation is 1. The highest BCUT2D eigenvalue weighted by Gasteiger charge is 2.14. The van der Waals surface area contributed by atoms with Crippen LogP contribution in [0.25, 0.3) is 0 Å². The molecule has 2 heterocycles. The number of thiophene rings is 1. The van der Waals surface area contributed by atoms with Crippen molar-refractivity contribution in [2.45, 2.75) is 32.2 Å². The molecule has 1 atom stereocenters. The number of rotatable bonds is 4. The van der Waals surface area contributed by atoms with Gasteiger partial charge < -0.3 is 10.6 Å². The average molecular weight is 238 g/mol. The number of hydrogen-bond acceptors (Lipinski definition) is 3. The predicted molar refractivity (Wildman–Crippen MR) is 67.0 cm³/mol. The Bertz CT molecular complexity index is 356. The smallest absolute Gasteiger partial charge is 0.252 e. The van der Waals surface area contributed by atoms with Gasteiger partial charge in [0.15, 0.2) is 0 Å². The second-order valence-electron chi connectivity index (χ2n) is 4.31. The third-order valence-corrected chi connectivity index (χ3v) is 3.90. The van der Waals surface area contributed by atoms with Crippen LogP contribution in [0, 0.1) is 6.92 Å². The lowest BCUT2D eigenvalue weighted by molar-refractivity contribution is 0.0952. The summed E-state index contributed by atoms with van der Waals surface area (Å²) < 4.78 is 0. The molecule has 1 fully saturated rings. The van der Waals surface area contributed by atoms with Crippen LogP contribution in [0.4, 0.5) is 0 Å². The van der Waals surface area contributed by atoms with Crippen molar-refractivity contribution < 1.29 is 4.79 Å². The molecule has 0 spiro atoms. The van der Waals surface area contributed by atoms with Crippen molar-refractivity contribution >= 4 is 17.2 Å². The fourth-order valence-electron chi connectivity index (χ4n) is 2.05. The van der Waals surface area contributed by atoms with Gasteiger partial charge in [-0.05, 0) is 43.7 Å². The fourth-order valence-corrected chi connectivity index (χ4v) is 2.88. The Morgan fingerprint density at radius 1 is 1.62 bits per heavy atom. The van der Waals surface area contributed by atoms with Gasteiger partial charge in [0.1, 0.15) is 0 Å². The van der Waals surface area contributed by atoms with E-state index in [0.717, 1.165) is 30.6 Å². The SMILES string of the molecule is Cc1cscc1C(=O)NCCC1CCCN1. The molecule has 1 aliphatic rings. The highest BCUT2D eigenvalue weighted by molar-refractivity contribution is 7.08. The number of nitrogens with one attached hydrogen (secondary N) is 2. The molecule has 2 rings (SSSR count). The van der Waals surface area contributed by atoms with Gasteiger partial charge in [-0.3, -0.25) is 4.79 Å². The van der Waals surface area contributed by atoms with Crippen LogP contribution in [0.2, 0.25) is 0 Å². The fraction of sp³-hybridized carbons (Fsp3) is 0.583. The molecule has 1 amide bonds. The van der Waals surface area contributed by atoms with Crippen molar-refractivity contribution in [2.75, 3.05) is 13.1 Å². The van der Waals surface area contributed by atoms with Crippen LogP contribution in [-0.4, -0.2) is 25.0 Å². The maximum absolute atomic E-state index is 11.8. The van der Waals surface area contributed by atoms with Gasteiger partial charge >= 0.3 is 0 Å². The molecule has 1 unspecified atom stereocenters. The van der Waals surface area contributed by atoms with Gasteiger partial charge in [-0.1, -0.05) is 0 Å². The summed E-state index contributed by atoms with van der Waals surface area (Å²) in [6, 6.07) is 0.601. The zero-order valence-electron chi connectivity index (χ0n) is 9.58. The average Bonchev–Trinajstić information content (AvgIpc) is 2.88. The van der Waals surface area contributed by atoms with E-state index >= 15 is 0 Å². The van der Waals surface area contributed by atoms with Crippen LogP contribution in [0.1, 0.15) is 35.2 Å². The Morgan fingerprint density at radius 2 is 2.50 bits per heavy atom. The standard InChI is InChI=1S/C12H18N2OS/c1-9-7-16-8-11(9)12(15)14-6-4-10-3-2-5-13-10/h7-8,10,13H,2-6H2,1H3,(H,14,15). The summed E-state index contributed by atoms with van der Waals surface area (Å²) >= 11 is 1.58. The van der Waals surface area contributed by atoms with Crippen molar-refractivity contribution in [1.82, 2.24) is 10.6 Å². The highest BCUT2D eigenvalue weighted by atomic mass is 32.1. The minimum Gasteiger partial charge on any atom is -0.352 e. The predicted octanol–water partition coefficient (Wildman–Crippen LogP) is 1.93. The molecule has 1 aromatic rings. The Kier molecular flexibility index (Phi) is 3.96. The van der Waals surface area contributed by atoms with Gasteiger partial charge in [-0.15, -0.1) is 0 Å². The molecule has 88 valence electrons. The summed E-state index contributed by atoms with van der Waals surface area (Å²) in [6.07, 6.45) is 3.55. The molecule has 0 aromatic carbocycles. The number of carbonyl (C=O) groups is 1. The maximum Gasteiger partial charge on any atom is 0.252 e. The third kappa shape index (κ3) is 2.83. The van der Waals surface area contributed by atoms with Crippen LogP contribution in [0.3, 0.4) is 0 Å². The van der Waals surface area contributed by atoms with E-state index in [9.17, 15) is 4.79 Å². The van der Waals surface area contributed by atoms with E-state index in [0.29, 0.717) is 6.04 Å². The van der Waals surface area contributed by atoms with Gasteiger partial charge in [-0.2, -0.15) is 11.3 Å². The molecule has 0 bridgehead atoms. The highest BCUT2D eigenvalue weighted by Crippen LogP contribution is 2.13. The Balaban J connectivity index is 1.73. The van der Waals surface area contributed by atoms with Gasteiger partial charge in [0.2, 0.25) is 0 Å². The van der Waals surface area contributed by atoms with Crippen molar-refractivity contribution in [2.24, 2.45) is 0 Å². The first-order chi connectivity index (χ1) is 7.77. The molecule has 3 nitrogen and oxygen atoms in total. The Morgan fingerprint density at radius 3 is 3.12 bits per heavy atom. The summed E-state index contributed by atoms with van der Waals surface area (Å²) in [5, 5.41) is 10.3. The van der Waals surface area contributed by atoms with Crippen molar-refractivity contribution in [3.63, 3.8) is 0 Å². The van der Waals surface area contributed by atoms with Crippen molar-refractivity contribution in [1.29, 1.82) is 0 Å². The first-order valence-electron chi connectivity index (χ1n) is 5.82. The van der Waals surface area contributed by atoms with Crippen molar-refractivity contribution in [3.8, 4) is 0 Å². The number of hydrogen-bond donors (Lipinski definition) is 2. The molecule has 1 aliphatic heterocycles. The lowest BCUT2D eigenvalue weighted by atomic mass is 10.1. The van der Waals surface area contributed by atoms with Crippen LogP contribution in [0.5, 0.6) is 0 Å². The van der Waals surface area contributed by atoms with Gasteiger partial charge in [-0.25, -0.2) is 0 Å². The maximum atomic E-state index is 11.8. The lowest BCUT2D eigenvalue weighted by Gasteiger charge is -2.10. The Hall–Kier alpha value is -0.870. The summed E-state index contributed by atoms with van der Waals surface area (Å²) in [5.41, 5.74) is 1.89. The first kappa shape index (κ1) is 11.6. The molecule has 2 N–H and O–H groups in total. The molecule has 1 saturated heterocycles. The van der Waals surface area contributed by atoms with Gasteiger partial charge in [0.05, 0.1) is 5.56 Å². The summed E-state index contributed by atoms with van der Waals surface area (Å²) in [7, 11) is 0. The van der Waals surface area contributed by atoms with Crippen molar-refractivity contribution in [3.05, 3.63) is 21.9 Å².